The Hall–Kier alpha value is -1.39. The van der Waals surface area contributed by atoms with E-state index in [4.69, 9.17) is 9.47 Å². The van der Waals surface area contributed by atoms with Gasteiger partial charge in [-0.05, 0) is 17.9 Å². The van der Waals surface area contributed by atoms with Crippen molar-refractivity contribution in [3.05, 3.63) is 35.9 Å². The molecule has 0 N–H and O–H groups in total. The molecule has 0 bridgehead atoms. The molecule has 2 atom stereocenters. The van der Waals surface area contributed by atoms with Crippen molar-refractivity contribution in [3.8, 4) is 0 Å². The number of nitrogens with zero attached hydrogens (tertiary/aromatic N) is 1. The first-order chi connectivity index (χ1) is 9.69. The lowest BCUT2D eigenvalue weighted by atomic mass is 9.96. The fourth-order valence-electron chi connectivity index (χ4n) is 2.67. The van der Waals surface area contributed by atoms with Crippen molar-refractivity contribution in [1.82, 2.24) is 4.90 Å². The molecule has 1 aromatic rings. The van der Waals surface area contributed by atoms with E-state index in [-0.39, 0.29) is 5.97 Å². The Morgan fingerprint density at radius 3 is 2.75 bits per heavy atom. The molecule has 1 saturated heterocycles. The van der Waals surface area contributed by atoms with Crippen molar-refractivity contribution in [2.75, 3.05) is 26.7 Å². The van der Waals surface area contributed by atoms with Gasteiger partial charge >= 0.3 is 5.97 Å². The second-order valence-corrected chi connectivity index (χ2v) is 5.42. The van der Waals surface area contributed by atoms with Crippen LogP contribution in [0, 0.1) is 5.92 Å². The summed E-state index contributed by atoms with van der Waals surface area (Å²) in [5.41, 5.74) is 1.02. The largest absolute Gasteiger partial charge is 0.460 e. The zero-order valence-corrected chi connectivity index (χ0v) is 12.2. The Kier molecular flexibility index (Phi) is 5.56. The van der Waals surface area contributed by atoms with Crippen molar-refractivity contribution in [2.24, 2.45) is 5.92 Å². The minimum atomic E-state index is -0.156. The number of piperidine rings is 1. The molecular weight excluding hydrogens is 254 g/mol. The maximum Gasteiger partial charge on any atom is 0.320 e. The van der Waals surface area contributed by atoms with Crippen LogP contribution < -0.4 is 0 Å². The Labute approximate surface area is 120 Å². The molecule has 0 saturated carbocycles. The summed E-state index contributed by atoms with van der Waals surface area (Å²) in [4.78, 5) is 14.0. The molecule has 1 heterocycles. The highest BCUT2D eigenvalue weighted by Gasteiger charge is 2.27. The standard InChI is InChI=1S/C16H23NO3/c1-13-10-17(9-8-15(13)19-2)11-16(18)20-12-14-6-4-3-5-7-14/h3-7,13,15H,8-12H2,1-2H3. The summed E-state index contributed by atoms with van der Waals surface area (Å²) < 4.78 is 10.7. The predicted molar refractivity (Wildman–Crippen MR) is 77.3 cm³/mol. The van der Waals surface area contributed by atoms with Crippen LogP contribution in [0.1, 0.15) is 18.9 Å². The minimum absolute atomic E-state index is 0.156. The predicted octanol–water partition coefficient (Wildman–Crippen LogP) is 2.09. The van der Waals surface area contributed by atoms with Gasteiger partial charge in [0.05, 0.1) is 12.6 Å². The van der Waals surface area contributed by atoms with E-state index < -0.39 is 0 Å². The van der Waals surface area contributed by atoms with Crippen molar-refractivity contribution in [1.29, 1.82) is 0 Å². The van der Waals surface area contributed by atoms with E-state index in [2.05, 4.69) is 11.8 Å². The summed E-state index contributed by atoms with van der Waals surface area (Å²) >= 11 is 0. The summed E-state index contributed by atoms with van der Waals surface area (Å²) in [5.74, 6) is 0.299. The highest BCUT2D eigenvalue weighted by molar-refractivity contribution is 5.71. The molecule has 2 rings (SSSR count). The van der Waals surface area contributed by atoms with Gasteiger partial charge in [-0.25, -0.2) is 0 Å². The number of esters is 1. The topological polar surface area (TPSA) is 38.8 Å². The summed E-state index contributed by atoms with van der Waals surface area (Å²) in [7, 11) is 1.75. The lowest BCUT2D eigenvalue weighted by Gasteiger charge is -2.35. The number of rotatable bonds is 5. The van der Waals surface area contributed by atoms with Crippen LogP contribution in [0.2, 0.25) is 0 Å². The molecule has 1 aliphatic heterocycles. The van der Waals surface area contributed by atoms with Gasteiger partial charge in [-0.3, -0.25) is 9.69 Å². The van der Waals surface area contributed by atoms with Gasteiger partial charge in [-0.2, -0.15) is 0 Å². The smallest absolute Gasteiger partial charge is 0.320 e. The Balaban J connectivity index is 1.72. The van der Waals surface area contributed by atoms with Crippen LogP contribution in [-0.2, 0) is 20.9 Å². The van der Waals surface area contributed by atoms with Gasteiger partial charge in [0.1, 0.15) is 6.61 Å². The second kappa shape index (κ2) is 7.41. The van der Waals surface area contributed by atoms with Gasteiger partial charge in [0.25, 0.3) is 0 Å². The molecule has 0 aromatic heterocycles. The first kappa shape index (κ1) is 15.0. The Morgan fingerprint density at radius 1 is 1.35 bits per heavy atom. The molecule has 1 aliphatic rings. The molecule has 4 heteroatoms. The van der Waals surface area contributed by atoms with E-state index in [1.165, 1.54) is 0 Å². The number of carbonyl (C=O) groups is 1. The molecule has 1 aromatic carbocycles. The van der Waals surface area contributed by atoms with Crippen LogP contribution >= 0.6 is 0 Å². The van der Waals surface area contributed by atoms with E-state index in [0.717, 1.165) is 25.1 Å². The van der Waals surface area contributed by atoms with Crippen molar-refractivity contribution in [3.63, 3.8) is 0 Å². The average Bonchev–Trinajstić information content (AvgIpc) is 2.46. The number of hydrogen-bond donors (Lipinski definition) is 0. The quantitative estimate of drug-likeness (QED) is 0.773. The number of hydrogen-bond acceptors (Lipinski definition) is 4. The van der Waals surface area contributed by atoms with Crippen molar-refractivity contribution in [2.45, 2.75) is 26.1 Å². The highest BCUT2D eigenvalue weighted by atomic mass is 16.5. The Morgan fingerprint density at radius 2 is 2.10 bits per heavy atom. The third kappa shape index (κ3) is 4.32. The molecule has 110 valence electrons. The molecule has 4 nitrogen and oxygen atoms in total. The van der Waals surface area contributed by atoms with E-state index in [0.29, 0.717) is 25.2 Å². The van der Waals surface area contributed by atoms with Gasteiger partial charge in [0.15, 0.2) is 0 Å². The first-order valence-electron chi connectivity index (χ1n) is 7.13. The zero-order chi connectivity index (χ0) is 14.4. The summed E-state index contributed by atoms with van der Waals surface area (Å²) in [6, 6.07) is 9.76. The van der Waals surface area contributed by atoms with E-state index in [9.17, 15) is 4.79 Å². The summed E-state index contributed by atoms with van der Waals surface area (Å²) in [6.07, 6.45) is 1.29. The van der Waals surface area contributed by atoms with Crippen molar-refractivity contribution < 1.29 is 14.3 Å². The molecular formula is C16H23NO3. The lowest BCUT2D eigenvalue weighted by molar-refractivity contribution is -0.147. The maximum absolute atomic E-state index is 11.8. The number of ether oxygens (including phenoxy) is 2. The summed E-state index contributed by atoms with van der Waals surface area (Å²) in [5, 5.41) is 0. The van der Waals surface area contributed by atoms with Gasteiger partial charge < -0.3 is 9.47 Å². The molecule has 0 radical (unpaired) electrons. The fraction of sp³-hybridized carbons (Fsp3) is 0.562. The Bertz CT molecular complexity index is 421. The molecule has 0 aliphatic carbocycles. The zero-order valence-electron chi connectivity index (χ0n) is 12.2. The molecule has 0 amide bonds. The van der Waals surface area contributed by atoms with Gasteiger partial charge in [0, 0.05) is 20.2 Å². The normalized spacial score (nSPS) is 23.5. The van der Waals surface area contributed by atoms with Gasteiger partial charge in [0.2, 0.25) is 0 Å². The first-order valence-corrected chi connectivity index (χ1v) is 7.13. The van der Waals surface area contributed by atoms with E-state index in [1.807, 2.05) is 30.3 Å². The number of benzene rings is 1. The van der Waals surface area contributed by atoms with Crippen LogP contribution in [0.5, 0.6) is 0 Å². The SMILES string of the molecule is COC1CCN(CC(=O)OCc2ccccc2)CC1C. The molecule has 0 spiro atoms. The fourth-order valence-corrected chi connectivity index (χ4v) is 2.67. The van der Waals surface area contributed by atoms with Gasteiger partial charge in [-0.1, -0.05) is 37.3 Å². The molecule has 20 heavy (non-hydrogen) atoms. The van der Waals surface area contributed by atoms with Gasteiger partial charge in [-0.15, -0.1) is 0 Å². The van der Waals surface area contributed by atoms with Crippen LogP contribution in [0.15, 0.2) is 30.3 Å². The number of likely N-dealkylation sites (tertiary alicyclic amines) is 1. The molecule has 1 fully saturated rings. The van der Waals surface area contributed by atoms with Crippen LogP contribution in [0.25, 0.3) is 0 Å². The minimum Gasteiger partial charge on any atom is -0.460 e. The average molecular weight is 277 g/mol. The van der Waals surface area contributed by atoms with Crippen LogP contribution in [-0.4, -0.2) is 43.7 Å². The second-order valence-electron chi connectivity index (χ2n) is 5.42. The number of methoxy groups -OCH3 is 1. The lowest BCUT2D eigenvalue weighted by Crippen LogP contribution is -2.44. The number of carbonyl (C=O) groups excluding carboxylic acids is 1. The third-order valence-electron chi connectivity index (χ3n) is 3.81. The van der Waals surface area contributed by atoms with E-state index >= 15 is 0 Å². The molecule has 2 unspecified atom stereocenters. The third-order valence-corrected chi connectivity index (χ3v) is 3.81. The van der Waals surface area contributed by atoms with Crippen LogP contribution in [0.3, 0.4) is 0 Å². The van der Waals surface area contributed by atoms with Crippen LogP contribution in [0.4, 0.5) is 0 Å². The van der Waals surface area contributed by atoms with E-state index in [1.54, 1.807) is 7.11 Å². The van der Waals surface area contributed by atoms with Crippen molar-refractivity contribution >= 4 is 5.97 Å². The maximum atomic E-state index is 11.8. The highest BCUT2D eigenvalue weighted by Crippen LogP contribution is 2.18. The monoisotopic (exact) mass is 277 g/mol. The summed E-state index contributed by atoms with van der Waals surface area (Å²) in [6.45, 7) is 4.66.